The summed E-state index contributed by atoms with van der Waals surface area (Å²) < 4.78 is 26.2. The minimum absolute atomic E-state index is 0.420. The summed E-state index contributed by atoms with van der Waals surface area (Å²) in [6.45, 7) is 0.147. The van der Waals surface area contributed by atoms with Gasteiger partial charge in [0, 0.05) is 18.4 Å². The van der Waals surface area contributed by atoms with Gasteiger partial charge in [0.05, 0.1) is 6.54 Å². The molecule has 1 aliphatic carbocycles. The number of nitrogens with one attached hydrogen (secondary N) is 1. The molecule has 0 bridgehead atoms. The Morgan fingerprint density at radius 1 is 1.50 bits per heavy atom. The average molecular weight is 257 g/mol. The van der Waals surface area contributed by atoms with Crippen LogP contribution in [0.2, 0.25) is 0 Å². The van der Waals surface area contributed by atoms with Gasteiger partial charge in [-0.25, -0.2) is 4.98 Å². The van der Waals surface area contributed by atoms with Crippen LogP contribution in [0.25, 0.3) is 0 Å². The molecule has 3 nitrogen and oxygen atoms in total. The van der Waals surface area contributed by atoms with Crippen molar-refractivity contribution in [1.29, 1.82) is 0 Å². The smallest absolute Gasteiger partial charge is 0.307 e. The second kappa shape index (κ2) is 6.27. The molecule has 0 aromatic carbocycles. The van der Waals surface area contributed by atoms with Crippen molar-refractivity contribution in [1.82, 2.24) is 14.9 Å². The maximum Gasteiger partial charge on any atom is 0.319 e. The first-order valence-electron chi connectivity index (χ1n) is 6.74. The molecule has 1 aromatic heterocycles. The molecule has 1 fully saturated rings. The average Bonchev–Trinajstić information content (AvgIpc) is 2.85. The number of imidazole rings is 1. The SMILES string of the molecule is CCC1CCCC(NCc2nccn2C(F)F)C1. The highest BCUT2D eigenvalue weighted by atomic mass is 19.3. The summed E-state index contributed by atoms with van der Waals surface area (Å²) in [5, 5.41) is 3.37. The second-order valence-corrected chi connectivity index (χ2v) is 5.05. The van der Waals surface area contributed by atoms with Gasteiger partial charge in [-0.2, -0.15) is 8.78 Å². The van der Waals surface area contributed by atoms with Gasteiger partial charge in [0.25, 0.3) is 0 Å². The normalized spacial score (nSPS) is 24.7. The Morgan fingerprint density at radius 2 is 2.33 bits per heavy atom. The molecule has 1 heterocycles. The van der Waals surface area contributed by atoms with E-state index in [0.29, 0.717) is 18.4 Å². The van der Waals surface area contributed by atoms with Gasteiger partial charge in [-0.05, 0) is 18.8 Å². The summed E-state index contributed by atoms with van der Waals surface area (Å²) in [4.78, 5) is 3.98. The quantitative estimate of drug-likeness (QED) is 0.876. The van der Waals surface area contributed by atoms with E-state index in [-0.39, 0.29) is 0 Å². The molecule has 0 saturated heterocycles. The fraction of sp³-hybridized carbons (Fsp3) is 0.769. The van der Waals surface area contributed by atoms with Crippen molar-refractivity contribution in [3.8, 4) is 0 Å². The largest absolute Gasteiger partial charge is 0.319 e. The standard InChI is InChI=1S/C13H21F2N3/c1-2-10-4-3-5-11(8-10)17-9-12-16-6-7-18(12)13(14)15/h6-7,10-11,13,17H,2-5,8-9H2,1H3. The molecule has 2 atom stereocenters. The van der Waals surface area contributed by atoms with Crippen LogP contribution in [0, 0.1) is 5.92 Å². The minimum atomic E-state index is -2.50. The van der Waals surface area contributed by atoms with Gasteiger partial charge in [-0.3, -0.25) is 4.57 Å². The number of alkyl halides is 2. The fourth-order valence-electron chi connectivity index (χ4n) is 2.74. The van der Waals surface area contributed by atoms with Crippen LogP contribution in [-0.2, 0) is 6.54 Å². The molecule has 0 aliphatic heterocycles. The summed E-state index contributed by atoms with van der Waals surface area (Å²) in [6.07, 6.45) is 8.82. The van der Waals surface area contributed by atoms with Gasteiger partial charge in [0.15, 0.2) is 0 Å². The van der Waals surface area contributed by atoms with Crippen LogP contribution in [0.5, 0.6) is 0 Å². The van der Waals surface area contributed by atoms with E-state index >= 15 is 0 Å². The van der Waals surface area contributed by atoms with E-state index in [9.17, 15) is 8.78 Å². The zero-order valence-electron chi connectivity index (χ0n) is 10.8. The van der Waals surface area contributed by atoms with Crippen LogP contribution in [-0.4, -0.2) is 15.6 Å². The lowest BCUT2D eigenvalue weighted by Crippen LogP contribution is -2.34. The van der Waals surface area contributed by atoms with Gasteiger partial charge in [-0.1, -0.05) is 26.2 Å². The monoisotopic (exact) mass is 257 g/mol. The molecule has 18 heavy (non-hydrogen) atoms. The first kappa shape index (κ1) is 13.5. The molecule has 1 N–H and O–H groups in total. The zero-order valence-corrected chi connectivity index (χ0v) is 10.8. The number of aromatic nitrogens is 2. The fourth-order valence-corrected chi connectivity index (χ4v) is 2.74. The molecule has 1 aromatic rings. The lowest BCUT2D eigenvalue weighted by Gasteiger charge is -2.29. The topological polar surface area (TPSA) is 29.9 Å². The van der Waals surface area contributed by atoms with Gasteiger partial charge in [0.2, 0.25) is 0 Å². The van der Waals surface area contributed by atoms with Crippen molar-refractivity contribution in [2.45, 2.75) is 58.2 Å². The highest BCUT2D eigenvalue weighted by Crippen LogP contribution is 2.26. The third-order valence-corrected chi connectivity index (χ3v) is 3.87. The predicted octanol–water partition coefficient (Wildman–Crippen LogP) is 3.34. The van der Waals surface area contributed by atoms with Crippen LogP contribution in [0.4, 0.5) is 8.78 Å². The van der Waals surface area contributed by atoms with E-state index in [1.54, 1.807) is 0 Å². The Morgan fingerprint density at radius 3 is 3.06 bits per heavy atom. The van der Waals surface area contributed by atoms with Crippen molar-refractivity contribution < 1.29 is 8.78 Å². The molecule has 0 spiro atoms. The lowest BCUT2D eigenvalue weighted by molar-refractivity contribution is 0.0663. The summed E-state index contributed by atoms with van der Waals surface area (Å²) >= 11 is 0. The molecule has 2 unspecified atom stereocenters. The number of nitrogens with zero attached hydrogens (tertiary/aromatic N) is 2. The van der Waals surface area contributed by atoms with E-state index in [1.165, 1.54) is 31.7 Å². The molecular formula is C13H21F2N3. The molecule has 2 rings (SSSR count). The Hall–Kier alpha value is -0.970. The van der Waals surface area contributed by atoms with Crippen molar-refractivity contribution >= 4 is 0 Å². The van der Waals surface area contributed by atoms with E-state index in [2.05, 4.69) is 17.2 Å². The summed E-state index contributed by atoms with van der Waals surface area (Å²) in [6, 6.07) is 0.450. The van der Waals surface area contributed by atoms with E-state index < -0.39 is 6.55 Å². The van der Waals surface area contributed by atoms with Gasteiger partial charge < -0.3 is 5.32 Å². The molecule has 5 heteroatoms. The van der Waals surface area contributed by atoms with E-state index in [1.807, 2.05) is 0 Å². The summed E-state index contributed by atoms with van der Waals surface area (Å²) in [7, 11) is 0. The van der Waals surface area contributed by atoms with Crippen LogP contribution in [0.3, 0.4) is 0 Å². The molecule has 1 aliphatic rings. The molecule has 102 valence electrons. The van der Waals surface area contributed by atoms with Gasteiger partial charge in [-0.15, -0.1) is 0 Å². The number of hydrogen-bond acceptors (Lipinski definition) is 2. The minimum Gasteiger partial charge on any atom is -0.307 e. The Balaban J connectivity index is 1.85. The lowest BCUT2D eigenvalue weighted by atomic mass is 9.84. The molecule has 0 amide bonds. The number of hydrogen-bond donors (Lipinski definition) is 1. The third kappa shape index (κ3) is 3.28. The maximum absolute atomic E-state index is 12.6. The predicted molar refractivity (Wildman–Crippen MR) is 66.4 cm³/mol. The van der Waals surface area contributed by atoms with Crippen LogP contribution in [0.15, 0.2) is 12.4 Å². The maximum atomic E-state index is 12.6. The van der Waals surface area contributed by atoms with Crippen LogP contribution < -0.4 is 5.32 Å². The molecular weight excluding hydrogens is 236 g/mol. The van der Waals surface area contributed by atoms with Crippen molar-refractivity contribution in [3.05, 3.63) is 18.2 Å². The summed E-state index contributed by atoms with van der Waals surface area (Å²) in [5.74, 6) is 1.20. The number of rotatable bonds is 5. The van der Waals surface area contributed by atoms with E-state index in [4.69, 9.17) is 0 Å². The van der Waals surface area contributed by atoms with Gasteiger partial charge in [0.1, 0.15) is 5.82 Å². The summed E-state index contributed by atoms with van der Waals surface area (Å²) in [5.41, 5.74) is 0. The number of halogens is 2. The van der Waals surface area contributed by atoms with Crippen molar-refractivity contribution in [3.63, 3.8) is 0 Å². The Bertz CT molecular complexity index is 365. The highest BCUT2D eigenvalue weighted by Gasteiger charge is 2.21. The third-order valence-electron chi connectivity index (χ3n) is 3.87. The van der Waals surface area contributed by atoms with Crippen LogP contribution >= 0.6 is 0 Å². The Kier molecular flexibility index (Phi) is 4.69. The van der Waals surface area contributed by atoms with Crippen molar-refractivity contribution in [2.75, 3.05) is 0 Å². The van der Waals surface area contributed by atoms with E-state index in [0.717, 1.165) is 23.3 Å². The first-order valence-corrected chi connectivity index (χ1v) is 6.74. The van der Waals surface area contributed by atoms with Crippen LogP contribution in [0.1, 0.15) is 51.4 Å². The van der Waals surface area contributed by atoms with Crippen molar-refractivity contribution in [2.24, 2.45) is 5.92 Å². The molecule has 0 radical (unpaired) electrons. The first-order chi connectivity index (χ1) is 8.70. The second-order valence-electron chi connectivity index (χ2n) is 5.05. The Labute approximate surface area is 107 Å². The highest BCUT2D eigenvalue weighted by molar-refractivity contribution is 4.93. The molecule has 1 saturated carbocycles. The van der Waals surface area contributed by atoms with Gasteiger partial charge >= 0.3 is 6.55 Å². The zero-order chi connectivity index (χ0) is 13.0.